The first-order valence-corrected chi connectivity index (χ1v) is 0.704. The molecule has 3 heteroatoms. The van der Waals surface area contributed by atoms with Crippen LogP contribution in [0.1, 0.15) is 6.92 Å². The molecular formula is C2H3ORaY-. The van der Waals surface area contributed by atoms with Gasteiger partial charge in [0.2, 0.25) is 0 Å². The van der Waals surface area contributed by atoms with Crippen LogP contribution in [0.15, 0.2) is 0 Å². The van der Waals surface area contributed by atoms with E-state index in [9.17, 15) is 0 Å². The minimum absolute atomic E-state index is 0. The van der Waals surface area contributed by atoms with E-state index in [0.29, 0.717) is 0 Å². The van der Waals surface area contributed by atoms with Crippen LogP contribution in [0.3, 0.4) is 0 Å². The van der Waals surface area contributed by atoms with Crippen molar-refractivity contribution in [2.75, 3.05) is 0 Å². The van der Waals surface area contributed by atoms with Gasteiger partial charge in [-0.2, -0.15) is 6.92 Å². The summed E-state index contributed by atoms with van der Waals surface area (Å²) >= 11 is 0. The molecule has 0 saturated heterocycles. The molecule has 0 aliphatic rings. The van der Waals surface area contributed by atoms with Crippen LogP contribution in [0, 0.1) is 45.0 Å². The second-order valence-electron chi connectivity index (χ2n) is 0.204. The molecule has 3 radical (unpaired) electrons. The molecule has 0 rings (SSSR count). The molecule has 0 aliphatic heterocycles. The molecule has 0 bridgehead atoms. The van der Waals surface area contributed by atoms with Crippen molar-refractivity contribution < 1.29 is 82.5 Å². The Bertz CT molecular complexity index is 17.1. The first kappa shape index (κ1) is 15.7. The minimum Gasteiger partial charge on any atom is -0.542 e. The molecule has 0 saturated carbocycles. The standard InChI is InChI=1S/C2H3O.Ra.Y/c1-2-3;;/h1H3;;/q-1;;. The third kappa shape index (κ3) is 22.3. The molecule has 0 heterocycles. The Morgan fingerprint density at radius 1 is 1.60 bits per heavy atom. The van der Waals surface area contributed by atoms with Crippen LogP contribution in [0.25, 0.3) is 0 Å². The Hall–Kier alpha value is 2.24. The maximum Gasteiger partial charge on any atom is 0 e. The summed E-state index contributed by atoms with van der Waals surface area (Å²) in [5, 5.41) is 0. The van der Waals surface area contributed by atoms with Crippen LogP contribution in [-0.4, -0.2) is 6.29 Å². The predicted molar refractivity (Wildman–Crippen MR) is 11.4 cm³/mol. The van der Waals surface area contributed by atoms with Gasteiger partial charge >= 0.3 is 0 Å². The molecule has 0 N–H and O–H groups in total. The van der Waals surface area contributed by atoms with Crippen LogP contribution in [0.5, 0.6) is 0 Å². The SMILES string of the molecule is C[C-]=O.[Ra].[Y]. The minimum atomic E-state index is 0. The fourth-order valence-electron chi connectivity index (χ4n) is 0. The largest absolute Gasteiger partial charge is 0.542 e. The van der Waals surface area contributed by atoms with Crippen molar-refractivity contribution in [3.63, 3.8) is 0 Å². The van der Waals surface area contributed by atoms with E-state index in [1.807, 2.05) is 0 Å². The fourth-order valence-corrected chi connectivity index (χ4v) is 0. The van der Waals surface area contributed by atoms with Crippen LogP contribution in [0.4, 0.5) is 0 Å². The van der Waals surface area contributed by atoms with Gasteiger partial charge in [-0.1, -0.05) is 0 Å². The Kier molecular flexibility index (Phi) is 51.2. The van der Waals surface area contributed by atoms with Crippen molar-refractivity contribution >= 4 is 6.29 Å². The van der Waals surface area contributed by atoms with Crippen LogP contribution < -0.4 is 0 Å². The van der Waals surface area contributed by atoms with Gasteiger partial charge in [0, 0.05) is 77.7 Å². The number of carbonyl (C=O) groups excluding carboxylic acids is 1. The summed E-state index contributed by atoms with van der Waals surface area (Å²) in [6.45, 7) is 1.32. The number of hydrogen-bond donors (Lipinski definition) is 0. The zero-order chi connectivity index (χ0) is 2.71. The zero-order valence-electron chi connectivity index (χ0n) is 3.19. The van der Waals surface area contributed by atoms with Crippen molar-refractivity contribution in [3.05, 3.63) is 0 Å². The van der Waals surface area contributed by atoms with Crippen LogP contribution >= 0.6 is 0 Å². The van der Waals surface area contributed by atoms with Gasteiger partial charge in [-0.25, -0.2) is 0 Å². The quantitative estimate of drug-likeness (QED) is 0.563. The summed E-state index contributed by atoms with van der Waals surface area (Å²) in [6, 6.07) is 0. The van der Waals surface area contributed by atoms with Gasteiger partial charge in [0.25, 0.3) is 0 Å². The second-order valence-corrected chi connectivity index (χ2v) is 0.204. The molecular weight excluding hydrogens is 355 g/mol. The molecule has 0 unspecified atom stereocenters. The van der Waals surface area contributed by atoms with Crippen molar-refractivity contribution in [2.45, 2.75) is 6.92 Å². The van der Waals surface area contributed by atoms with E-state index in [4.69, 9.17) is 4.79 Å². The average Bonchev–Trinajstić information content (AvgIpc) is 0.918. The van der Waals surface area contributed by atoms with Gasteiger partial charge in [0.05, 0.1) is 0 Å². The van der Waals surface area contributed by atoms with E-state index in [1.165, 1.54) is 13.2 Å². The van der Waals surface area contributed by atoms with E-state index in [0.717, 1.165) is 0 Å². The summed E-state index contributed by atoms with van der Waals surface area (Å²) in [5.41, 5.74) is 0. The zero-order valence-corrected chi connectivity index (χ0v) is 11.8. The molecule has 0 atom stereocenters. The molecule has 0 aromatic heterocycles. The average molecular weight is 358 g/mol. The molecule has 0 fully saturated rings. The second kappa shape index (κ2) is 16.3. The van der Waals surface area contributed by atoms with Gasteiger partial charge in [-0.3, -0.25) is 6.29 Å². The number of hydrogen-bond acceptors (Lipinski definition) is 1. The van der Waals surface area contributed by atoms with Crippen molar-refractivity contribution in [1.82, 2.24) is 0 Å². The smallest absolute Gasteiger partial charge is 0 e. The van der Waals surface area contributed by atoms with Crippen molar-refractivity contribution in [1.29, 1.82) is 0 Å². The predicted octanol–water partition coefficient (Wildman–Crippen LogP) is 0.113. The van der Waals surface area contributed by atoms with Crippen LogP contribution in [0.2, 0.25) is 0 Å². The first-order valence-electron chi connectivity index (χ1n) is 0.704. The molecule has 0 spiro atoms. The third-order valence-electron chi connectivity index (χ3n) is 0. The van der Waals surface area contributed by atoms with E-state index >= 15 is 0 Å². The molecule has 0 aromatic carbocycles. The topological polar surface area (TPSA) is 17.1 Å². The summed E-state index contributed by atoms with van der Waals surface area (Å²) in [4.78, 5) is 8.68. The third-order valence-corrected chi connectivity index (χ3v) is 0. The molecule has 0 aromatic rings. The Balaban J connectivity index is -0.0000000200. The Labute approximate surface area is 93.6 Å². The Morgan fingerprint density at radius 3 is 1.60 bits per heavy atom. The van der Waals surface area contributed by atoms with E-state index in [-0.39, 0.29) is 77.7 Å². The summed E-state index contributed by atoms with van der Waals surface area (Å²) in [6.07, 6.45) is 1.50. The summed E-state index contributed by atoms with van der Waals surface area (Å²) in [5.74, 6) is 0. The van der Waals surface area contributed by atoms with Gasteiger partial charge in [0.15, 0.2) is 0 Å². The van der Waals surface area contributed by atoms with Crippen molar-refractivity contribution in [3.8, 4) is 0 Å². The maximum atomic E-state index is 8.68. The van der Waals surface area contributed by atoms with E-state index < -0.39 is 0 Å². The summed E-state index contributed by atoms with van der Waals surface area (Å²) in [7, 11) is 0. The molecule has 5 heavy (non-hydrogen) atoms. The molecule has 1 nitrogen and oxygen atoms in total. The van der Waals surface area contributed by atoms with Crippen molar-refractivity contribution in [2.24, 2.45) is 0 Å². The van der Waals surface area contributed by atoms with Gasteiger partial charge < -0.3 is 4.79 Å². The van der Waals surface area contributed by atoms with Gasteiger partial charge in [-0.15, -0.1) is 0 Å². The first-order chi connectivity index (χ1) is 1.41. The summed E-state index contributed by atoms with van der Waals surface area (Å²) < 4.78 is 0. The maximum absolute atomic E-state index is 8.68. The molecule has 23 valence electrons. The van der Waals surface area contributed by atoms with E-state index in [2.05, 4.69) is 0 Å². The van der Waals surface area contributed by atoms with Gasteiger partial charge in [0.1, 0.15) is 0 Å². The Morgan fingerprint density at radius 2 is 1.60 bits per heavy atom. The number of rotatable bonds is 0. The van der Waals surface area contributed by atoms with Gasteiger partial charge in [-0.05, 0) is 0 Å². The van der Waals surface area contributed by atoms with Crippen LogP contribution in [-0.2, 0) is 37.5 Å². The normalized spacial score (nSPS) is 2.60. The molecule has 0 aliphatic carbocycles. The van der Waals surface area contributed by atoms with E-state index in [1.54, 1.807) is 0 Å². The molecule has 0 amide bonds. The fraction of sp³-hybridized carbons (Fsp3) is 0.500. The monoisotopic (exact) mass is 358 g/mol.